The number of ether oxygens (including phenoxy) is 2. The number of carboxylic acids is 1. The van der Waals surface area contributed by atoms with Gasteiger partial charge in [0.1, 0.15) is 18.2 Å². The predicted octanol–water partition coefficient (Wildman–Crippen LogP) is 2.76. The van der Waals surface area contributed by atoms with Crippen LogP contribution in [0, 0.1) is 0 Å². The molecule has 1 aliphatic heterocycles. The number of hydrogen-bond acceptors (Lipinski definition) is 5. The van der Waals surface area contributed by atoms with Crippen LogP contribution in [0.2, 0.25) is 0 Å². The van der Waals surface area contributed by atoms with E-state index in [0.717, 1.165) is 12.0 Å². The molecule has 1 saturated heterocycles. The maximum Gasteiger partial charge on any atom is 0.411 e. The number of aliphatic carboxylic acids is 1. The van der Waals surface area contributed by atoms with Gasteiger partial charge in [-0.2, -0.15) is 0 Å². The van der Waals surface area contributed by atoms with Crippen molar-refractivity contribution in [1.82, 2.24) is 4.90 Å². The van der Waals surface area contributed by atoms with Gasteiger partial charge < -0.3 is 14.6 Å². The number of carbonyl (C=O) groups excluding carboxylic acids is 2. The van der Waals surface area contributed by atoms with Crippen LogP contribution in [0.25, 0.3) is 0 Å². The summed E-state index contributed by atoms with van der Waals surface area (Å²) in [6.45, 7) is 5.89. The Kier molecular flexibility index (Phi) is 6.23. The lowest BCUT2D eigenvalue weighted by Crippen LogP contribution is -2.44. The standard InChI is InChI=1S/C19H25NO6/c1-19(2,3)26-18(24)20-10-4-5-15(20)17(23)25-12-14-8-6-13(7-9-14)11-16(21)22/h6-9,15H,4-5,10-12H2,1-3H3,(H,21,22)/t15-/m0/s1. The Balaban J connectivity index is 1.90. The summed E-state index contributed by atoms with van der Waals surface area (Å²) in [5.41, 5.74) is 0.819. The molecule has 26 heavy (non-hydrogen) atoms. The molecule has 1 atom stereocenters. The fourth-order valence-electron chi connectivity index (χ4n) is 2.73. The Hall–Kier alpha value is -2.57. The first kappa shape index (κ1) is 19.8. The average Bonchev–Trinajstić information content (AvgIpc) is 3.01. The van der Waals surface area contributed by atoms with Gasteiger partial charge in [0.15, 0.2) is 0 Å². The van der Waals surface area contributed by atoms with Crippen molar-refractivity contribution in [1.29, 1.82) is 0 Å². The summed E-state index contributed by atoms with van der Waals surface area (Å²) >= 11 is 0. The molecule has 1 aliphatic rings. The highest BCUT2D eigenvalue weighted by Crippen LogP contribution is 2.22. The van der Waals surface area contributed by atoms with Gasteiger partial charge in [0, 0.05) is 6.54 Å². The van der Waals surface area contributed by atoms with E-state index in [-0.39, 0.29) is 13.0 Å². The number of esters is 1. The Morgan fingerprint density at radius 2 is 1.77 bits per heavy atom. The van der Waals surface area contributed by atoms with Crippen LogP contribution in [0.1, 0.15) is 44.7 Å². The van der Waals surface area contributed by atoms with Crippen LogP contribution in [0.4, 0.5) is 4.79 Å². The van der Waals surface area contributed by atoms with Crippen molar-refractivity contribution in [3.63, 3.8) is 0 Å². The van der Waals surface area contributed by atoms with Crippen LogP contribution in [0.15, 0.2) is 24.3 Å². The highest BCUT2D eigenvalue weighted by Gasteiger charge is 2.37. The minimum Gasteiger partial charge on any atom is -0.481 e. The molecule has 1 amide bonds. The van der Waals surface area contributed by atoms with Gasteiger partial charge in [-0.15, -0.1) is 0 Å². The number of likely N-dealkylation sites (tertiary alicyclic amines) is 1. The van der Waals surface area contributed by atoms with E-state index in [1.807, 2.05) is 0 Å². The lowest BCUT2D eigenvalue weighted by molar-refractivity contribution is -0.150. The minimum atomic E-state index is -0.896. The van der Waals surface area contributed by atoms with Gasteiger partial charge in [-0.3, -0.25) is 9.69 Å². The van der Waals surface area contributed by atoms with Crippen LogP contribution in [-0.4, -0.2) is 46.2 Å². The molecule has 1 N–H and O–H groups in total. The molecular weight excluding hydrogens is 338 g/mol. The van der Waals surface area contributed by atoms with Crippen LogP contribution in [0.5, 0.6) is 0 Å². The summed E-state index contributed by atoms with van der Waals surface area (Å²) in [5.74, 6) is -1.35. The number of carboxylic acid groups (broad SMARTS) is 1. The molecule has 0 radical (unpaired) electrons. The molecule has 1 aromatic rings. The first-order valence-electron chi connectivity index (χ1n) is 8.61. The number of nitrogens with zero attached hydrogens (tertiary/aromatic N) is 1. The fraction of sp³-hybridized carbons (Fsp3) is 0.526. The molecule has 0 aromatic heterocycles. The molecule has 1 aromatic carbocycles. The largest absolute Gasteiger partial charge is 0.481 e. The molecule has 0 unspecified atom stereocenters. The van der Waals surface area contributed by atoms with E-state index in [4.69, 9.17) is 14.6 Å². The third kappa shape index (κ3) is 5.75. The molecule has 1 heterocycles. The first-order valence-corrected chi connectivity index (χ1v) is 8.61. The number of amides is 1. The second kappa shape index (κ2) is 8.21. The van der Waals surface area contributed by atoms with Crippen LogP contribution < -0.4 is 0 Å². The van der Waals surface area contributed by atoms with Crippen molar-refractivity contribution in [3.05, 3.63) is 35.4 Å². The zero-order chi connectivity index (χ0) is 19.3. The molecule has 1 fully saturated rings. The molecule has 7 heteroatoms. The van der Waals surface area contributed by atoms with Gasteiger partial charge in [-0.1, -0.05) is 24.3 Å². The molecule has 0 aliphatic carbocycles. The van der Waals surface area contributed by atoms with Crippen molar-refractivity contribution in [3.8, 4) is 0 Å². The lowest BCUT2D eigenvalue weighted by atomic mass is 10.1. The van der Waals surface area contributed by atoms with Crippen LogP contribution >= 0.6 is 0 Å². The van der Waals surface area contributed by atoms with E-state index < -0.39 is 29.7 Å². The van der Waals surface area contributed by atoms with E-state index in [2.05, 4.69) is 0 Å². The van der Waals surface area contributed by atoms with Crippen molar-refractivity contribution in [2.45, 2.75) is 58.3 Å². The monoisotopic (exact) mass is 363 g/mol. The zero-order valence-corrected chi connectivity index (χ0v) is 15.4. The third-order valence-electron chi connectivity index (χ3n) is 3.91. The summed E-state index contributed by atoms with van der Waals surface area (Å²) in [4.78, 5) is 36.7. The van der Waals surface area contributed by atoms with Gasteiger partial charge in [0.25, 0.3) is 0 Å². The lowest BCUT2D eigenvalue weighted by Gasteiger charge is -2.27. The van der Waals surface area contributed by atoms with Crippen molar-refractivity contribution >= 4 is 18.0 Å². The van der Waals surface area contributed by atoms with E-state index in [1.165, 1.54) is 4.90 Å². The zero-order valence-electron chi connectivity index (χ0n) is 15.4. The van der Waals surface area contributed by atoms with E-state index >= 15 is 0 Å². The number of hydrogen-bond donors (Lipinski definition) is 1. The molecule has 2 rings (SSSR count). The topological polar surface area (TPSA) is 93.1 Å². The Morgan fingerprint density at radius 3 is 2.35 bits per heavy atom. The van der Waals surface area contributed by atoms with Gasteiger partial charge in [0.05, 0.1) is 6.42 Å². The normalized spacial score (nSPS) is 17.0. The maximum atomic E-state index is 12.4. The second-order valence-corrected chi connectivity index (χ2v) is 7.33. The first-order chi connectivity index (χ1) is 12.2. The SMILES string of the molecule is CC(C)(C)OC(=O)N1CCC[C@H]1C(=O)OCc1ccc(CC(=O)O)cc1. The fourth-order valence-corrected chi connectivity index (χ4v) is 2.73. The van der Waals surface area contributed by atoms with Gasteiger partial charge in [0.2, 0.25) is 0 Å². The molecule has 0 saturated carbocycles. The molecule has 0 bridgehead atoms. The number of benzene rings is 1. The molecule has 7 nitrogen and oxygen atoms in total. The molecular formula is C19H25NO6. The highest BCUT2D eigenvalue weighted by molar-refractivity contribution is 5.82. The average molecular weight is 363 g/mol. The molecule has 0 spiro atoms. The summed E-state index contributed by atoms with van der Waals surface area (Å²) in [7, 11) is 0. The predicted molar refractivity (Wildman–Crippen MR) is 93.5 cm³/mol. The quantitative estimate of drug-likeness (QED) is 0.809. The molecule has 142 valence electrons. The highest BCUT2D eigenvalue weighted by atomic mass is 16.6. The van der Waals surface area contributed by atoms with Crippen molar-refractivity contribution in [2.24, 2.45) is 0 Å². The summed E-state index contributed by atoms with van der Waals surface area (Å²) < 4.78 is 10.7. The Labute approximate surface area is 152 Å². The van der Waals surface area contributed by atoms with Gasteiger partial charge in [-0.05, 0) is 44.7 Å². The van der Waals surface area contributed by atoms with E-state index in [9.17, 15) is 14.4 Å². The van der Waals surface area contributed by atoms with E-state index in [0.29, 0.717) is 18.5 Å². The van der Waals surface area contributed by atoms with Crippen molar-refractivity contribution < 1.29 is 29.0 Å². The number of rotatable bonds is 5. The summed E-state index contributed by atoms with van der Waals surface area (Å²) in [6.07, 6.45) is 0.723. The van der Waals surface area contributed by atoms with Gasteiger partial charge >= 0.3 is 18.0 Å². The number of carbonyl (C=O) groups is 3. The van der Waals surface area contributed by atoms with Crippen molar-refractivity contribution in [2.75, 3.05) is 6.54 Å². The van der Waals surface area contributed by atoms with Crippen LogP contribution in [0.3, 0.4) is 0 Å². The minimum absolute atomic E-state index is 0.0486. The second-order valence-electron chi connectivity index (χ2n) is 7.33. The summed E-state index contributed by atoms with van der Waals surface area (Å²) in [6, 6.07) is 6.22. The van der Waals surface area contributed by atoms with Gasteiger partial charge in [-0.25, -0.2) is 9.59 Å². The third-order valence-corrected chi connectivity index (χ3v) is 3.91. The smallest absolute Gasteiger partial charge is 0.411 e. The maximum absolute atomic E-state index is 12.4. The Morgan fingerprint density at radius 1 is 1.15 bits per heavy atom. The Bertz CT molecular complexity index is 662. The summed E-state index contributed by atoms with van der Waals surface area (Å²) in [5, 5.41) is 8.76. The van der Waals surface area contributed by atoms with E-state index in [1.54, 1.807) is 45.0 Å². The van der Waals surface area contributed by atoms with Crippen LogP contribution in [-0.2, 0) is 32.1 Å².